The van der Waals surface area contributed by atoms with Crippen molar-refractivity contribution < 1.29 is 9.59 Å². The summed E-state index contributed by atoms with van der Waals surface area (Å²) in [4.78, 5) is 31.0. The Kier molecular flexibility index (Phi) is 3.99. The Labute approximate surface area is 147 Å². The maximum absolute atomic E-state index is 12.6. The molecule has 1 unspecified atom stereocenters. The Balaban J connectivity index is 1.43. The number of amides is 2. The van der Waals surface area contributed by atoms with Crippen LogP contribution in [0.4, 0.5) is 0 Å². The number of benzene rings is 1. The zero-order chi connectivity index (χ0) is 17.3. The number of nitrogens with one attached hydrogen (secondary N) is 1. The van der Waals surface area contributed by atoms with Gasteiger partial charge in [-0.15, -0.1) is 0 Å². The first kappa shape index (κ1) is 15.8. The van der Waals surface area contributed by atoms with Crippen LogP contribution in [-0.2, 0) is 4.79 Å². The molecule has 128 valence electrons. The standard InChI is InChI=1S/C20H21N3O2/c24-18-17(15-6-10-21-11-7-15)14-20(22-18)8-12-23(13-9-20)19(25)16-4-2-1-3-5-16/h1-7,10-11,17H,8-9,12-14H2,(H,22,24). The van der Waals surface area contributed by atoms with Crippen LogP contribution >= 0.6 is 0 Å². The summed E-state index contributed by atoms with van der Waals surface area (Å²) in [6.07, 6.45) is 5.87. The van der Waals surface area contributed by atoms with Crippen molar-refractivity contribution in [2.24, 2.45) is 0 Å². The first-order chi connectivity index (χ1) is 12.2. The molecule has 2 fully saturated rings. The zero-order valence-corrected chi connectivity index (χ0v) is 14.0. The average molecular weight is 335 g/mol. The van der Waals surface area contributed by atoms with Gasteiger partial charge in [0.2, 0.25) is 5.91 Å². The maximum Gasteiger partial charge on any atom is 0.253 e. The summed E-state index contributed by atoms with van der Waals surface area (Å²) in [5.41, 5.74) is 1.56. The first-order valence-corrected chi connectivity index (χ1v) is 8.73. The molecule has 5 heteroatoms. The van der Waals surface area contributed by atoms with E-state index in [0.717, 1.165) is 30.4 Å². The van der Waals surface area contributed by atoms with Crippen LogP contribution in [0.5, 0.6) is 0 Å². The van der Waals surface area contributed by atoms with Gasteiger partial charge >= 0.3 is 0 Å². The molecule has 1 aromatic heterocycles. The van der Waals surface area contributed by atoms with Crippen molar-refractivity contribution in [2.75, 3.05) is 13.1 Å². The van der Waals surface area contributed by atoms with E-state index in [-0.39, 0.29) is 23.3 Å². The van der Waals surface area contributed by atoms with Gasteiger partial charge in [0.25, 0.3) is 5.91 Å². The van der Waals surface area contributed by atoms with Gasteiger partial charge in [0.15, 0.2) is 0 Å². The summed E-state index contributed by atoms with van der Waals surface area (Å²) in [5, 5.41) is 3.22. The SMILES string of the molecule is O=C1NC2(CCN(C(=O)c3ccccc3)CC2)CC1c1ccncc1. The lowest BCUT2D eigenvalue weighted by Gasteiger charge is -2.39. The molecule has 0 radical (unpaired) electrons. The number of likely N-dealkylation sites (tertiary alicyclic amines) is 1. The minimum absolute atomic E-state index is 0.0745. The number of carbonyl (C=O) groups excluding carboxylic acids is 2. The number of rotatable bonds is 2. The smallest absolute Gasteiger partial charge is 0.253 e. The summed E-state index contributed by atoms with van der Waals surface area (Å²) in [5.74, 6) is 0.0545. The molecule has 5 nitrogen and oxygen atoms in total. The Bertz CT molecular complexity index is 768. The van der Waals surface area contributed by atoms with E-state index in [1.165, 1.54) is 0 Å². The highest BCUT2D eigenvalue weighted by molar-refractivity contribution is 5.94. The number of hydrogen-bond donors (Lipinski definition) is 1. The molecule has 0 aliphatic carbocycles. The Hall–Kier alpha value is -2.69. The lowest BCUT2D eigenvalue weighted by Crippen LogP contribution is -2.52. The molecule has 25 heavy (non-hydrogen) atoms. The van der Waals surface area contributed by atoms with E-state index in [0.29, 0.717) is 13.1 Å². The highest BCUT2D eigenvalue weighted by Crippen LogP contribution is 2.39. The molecule has 0 bridgehead atoms. The van der Waals surface area contributed by atoms with Gasteiger partial charge in [-0.3, -0.25) is 14.6 Å². The van der Waals surface area contributed by atoms with Crippen molar-refractivity contribution in [3.63, 3.8) is 0 Å². The van der Waals surface area contributed by atoms with Crippen LogP contribution in [0.15, 0.2) is 54.9 Å². The molecule has 2 aliphatic heterocycles. The van der Waals surface area contributed by atoms with Gasteiger partial charge in [-0.25, -0.2) is 0 Å². The van der Waals surface area contributed by atoms with Gasteiger partial charge in [0.05, 0.1) is 5.92 Å². The Morgan fingerprint density at radius 3 is 2.44 bits per heavy atom. The van der Waals surface area contributed by atoms with Crippen LogP contribution in [0.25, 0.3) is 0 Å². The van der Waals surface area contributed by atoms with E-state index >= 15 is 0 Å². The molecule has 0 saturated carbocycles. The van der Waals surface area contributed by atoms with Crippen LogP contribution in [0.3, 0.4) is 0 Å². The fourth-order valence-electron chi connectivity index (χ4n) is 3.98. The average Bonchev–Trinajstić information content (AvgIpc) is 2.99. The second-order valence-corrected chi connectivity index (χ2v) is 6.97. The quantitative estimate of drug-likeness (QED) is 0.916. The first-order valence-electron chi connectivity index (χ1n) is 8.73. The molecule has 2 saturated heterocycles. The second kappa shape index (κ2) is 6.31. The molecule has 2 aromatic rings. The third kappa shape index (κ3) is 3.02. The molecule has 1 spiro atoms. The van der Waals surface area contributed by atoms with E-state index in [1.54, 1.807) is 12.4 Å². The van der Waals surface area contributed by atoms with E-state index in [2.05, 4.69) is 10.3 Å². The van der Waals surface area contributed by atoms with Gasteiger partial charge in [0, 0.05) is 36.6 Å². The fourth-order valence-corrected chi connectivity index (χ4v) is 3.98. The highest BCUT2D eigenvalue weighted by atomic mass is 16.2. The van der Waals surface area contributed by atoms with Gasteiger partial charge in [-0.1, -0.05) is 18.2 Å². The largest absolute Gasteiger partial charge is 0.350 e. The predicted molar refractivity (Wildman–Crippen MR) is 94.0 cm³/mol. The third-order valence-electron chi connectivity index (χ3n) is 5.44. The molecular weight excluding hydrogens is 314 g/mol. The van der Waals surface area contributed by atoms with E-state index in [9.17, 15) is 9.59 Å². The topological polar surface area (TPSA) is 62.3 Å². The van der Waals surface area contributed by atoms with Gasteiger partial charge < -0.3 is 10.2 Å². The maximum atomic E-state index is 12.6. The summed E-state index contributed by atoms with van der Waals surface area (Å²) >= 11 is 0. The minimum Gasteiger partial charge on any atom is -0.350 e. The number of pyridine rings is 1. The monoisotopic (exact) mass is 335 g/mol. The summed E-state index contributed by atoms with van der Waals surface area (Å²) in [6, 6.07) is 13.2. The van der Waals surface area contributed by atoms with Gasteiger partial charge in [0.1, 0.15) is 0 Å². The summed E-state index contributed by atoms with van der Waals surface area (Å²) in [7, 11) is 0. The van der Waals surface area contributed by atoms with E-state index in [4.69, 9.17) is 0 Å². The van der Waals surface area contributed by atoms with Crippen LogP contribution in [0.2, 0.25) is 0 Å². The summed E-state index contributed by atoms with van der Waals surface area (Å²) in [6.45, 7) is 1.36. The van der Waals surface area contributed by atoms with Crippen molar-refractivity contribution in [3.05, 3.63) is 66.0 Å². The lowest BCUT2D eigenvalue weighted by molar-refractivity contribution is -0.121. The van der Waals surface area contributed by atoms with Crippen molar-refractivity contribution >= 4 is 11.8 Å². The van der Waals surface area contributed by atoms with Gasteiger partial charge in [-0.2, -0.15) is 0 Å². The number of piperidine rings is 1. The number of carbonyl (C=O) groups is 2. The summed E-state index contributed by atoms with van der Waals surface area (Å²) < 4.78 is 0. The Morgan fingerprint density at radius 2 is 1.76 bits per heavy atom. The number of nitrogens with zero attached hydrogens (tertiary/aromatic N) is 2. The molecule has 2 aliphatic rings. The molecule has 4 rings (SSSR count). The number of aromatic nitrogens is 1. The van der Waals surface area contributed by atoms with Crippen LogP contribution < -0.4 is 5.32 Å². The third-order valence-corrected chi connectivity index (χ3v) is 5.44. The molecule has 1 N–H and O–H groups in total. The predicted octanol–water partition coefficient (Wildman–Crippen LogP) is 2.36. The van der Waals surface area contributed by atoms with Crippen LogP contribution in [-0.4, -0.2) is 40.3 Å². The minimum atomic E-state index is -0.182. The molecule has 3 heterocycles. The second-order valence-electron chi connectivity index (χ2n) is 6.97. The van der Waals surface area contributed by atoms with Crippen molar-refractivity contribution in [1.82, 2.24) is 15.2 Å². The van der Waals surface area contributed by atoms with Gasteiger partial charge in [-0.05, 0) is 49.1 Å². The normalized spacial score (nSPS) is 22.0. The van der Waals surface area contributed by atoms with E-state index < -0.39 is 0 Å². The zero-order valence-electron chi connectivity index (χ0n) is 14.0. The molecular formula is C20H21N3O2. The Morgan fingerprint density at radius 1 is 1.08 bits per heavy atom. The van der Waals surface area contributed by atoms with Crippen molar-refractivity contribution in [1.29, 1.82) is 0 Å². The van der Waals surface area contributed by atoms with Crippen LogP contribution in [0, 0.1) is 0 Å². The fraction of sp³-hybridized carbons (Fsp3) is 0.350. The highest BCUT2D eigenvalue weighted by Gasteiger charge is 2.46. The lowest BCUT2D eigenvalue weighted by atomic mass is 9.82. The van der Waals surface area contributed by atoms with E-state index in [1.807, 2.05) is 47.4 Å². The van der Waals surface area contributed by atoms with Crippen molar-refractivity contribution in [3.8, 4) is 0 Å². The van der Waals surface area contributed by atoms with Crippen LogP contribution in [0.1, 0.15) is 41.1 Å². The number of hydrogen-bond acceptors (Lipinski definition) is 3. The molecule has 1 aromatic carbocycles. The molecule has 2 amide bonds. The molecule has 1 atom stereocenters. The van der Waals surface area contributed by atoms with Crippen molar-refractivity contribution in [2.45, 2.75) is 30.7 Å².